The molecule has 1 heterocycles. The van der Waals surface area contributed by atoms with E-state index in [4.69, 9.17) is 22.3 Å². The second-order valence-electron chi connectivity index (χ2n) is 9.93. The van der Waals surface area contributed by atoms with Gasteiger partial charge >= 0.3 is 0 Å². The molecule has 2 unspecified atom stereocenters. The largest absolute Gasteiger partial charge is 0.338 e. The van der Waals surface area contributed by atoms with Crippen molar-refractivity contribution < 1.29 is 4.79 Å². The summed E-state index contributed by atoms with van der Waals surface area (Å²) in [6, 6.07) is 21.4. The van der Waals surface area contributed by atoms with Gasteiger partial charge in [0.15, 0.2) is 0 Å². The summed E-state index contributed by atoms with van der Waals surface area (Å²) < 4.78 is 0. The smallest absolute Gasteiger partial charge is 0.270 e. The number of nitrogens with one attached hydrogen (secondary N) is 1. The van der Waals surface area contributed by atoms with E-state index in [2.05, 4.69) is 17.1 Å². The Hall–Kier alpha value is -3.19. The number of hydrogen-bond donors (Lipinski definition) is 2. The highest BCUT2D eigenvalue weighted by molar-refractivity contribution is 6.31. The van der Waals surface area contributed by atoms with Crippen LogP contribution in [0.4, 0.5) is 0 Å². The maximum Gasteiger partial charge on any atom is 0.270 e. The first-order valence-corrected chi connectivity index (χ1v) is 13.1. The van der Waals surface area contributed by atoms with Crippen molar-refractivity contribution >= 4 is 40.9 Å². The van der Waals surface area contributed by atoms with Gasteiger partial charge in [0.25, 0.3) is 11.5 Å². The highest BCUT2D eigenvalue weighted by Crippen LogP contribution is 2.46. The Labute approximate surface area is 233 Å². The third-order valence-corrected chi connectivity index (χ3v) is 7.28. The molecule has 0 radical (unpaired) electrons. The van der Waals surface area contributed by atoms with Crippen molar-refractivity contribution in [1.82, 2.24) is 14.9 Å². The average Bonchev–Trinajstić information content (AvgIpc) is 3.66. The Balaban J connectivity index is 0.00000336. The number of halogens is 2. The standard InChI is InChI=1S/C30H31ClN4O2.ClH/c1-19-8-10-21(11-9-19)30(37)35(13-5-12-32)18-23-16-25(23)28-29(36)34-27-22(14-20-6-3-2-4-7-20)15-24(31)17-26(27)33-28;/h2-4,6-11,15,17,23,25H,5,12-14,16,18,32H2,1H3,(H,34,36);1H. The maximum atomic E-state index is 13.2. The van der Waals surface area contributed by atoms with E-state index in [9.17, 15) is 9.59 Å². The summed E-state index contributed by atoms with van der Waals surface area (Å²) in [6.07, 6.45) is 2.20. The molecule has 5 rings (SSSR count). The van der Waals surface area contributed by atoms with Gasteiger partial charge in [0.1, 0.15) is 5.69 Å². The number of aryl methyl sites for hydroxylation is 1. The van der Waals surface area contributed by atoms with Crippen molar-refractivity contribution in [3.63, 3.8) is 0 Å². The van der Waals surface area contributed by atoms with E-state index in [1.54, 1.807) is 6.07 Å². The van der Waals surface area contributed by atoms with Crippen LogP contribution in [0.1, 0.15) is 51.5 Å². The van der Waals surface area contributed by atoms with Gasteiger partial charge in [-0.05, 0) is 74.0 Å². The van der Waals surface area contributed by atoms with Crippen LogP contribution in [0.5, 0.6) is 0 Å². The topological polar surface area (TPSA) is 92.1 Å². The number of hydrogen-bond acceptors (Lipinski definition) is 4. The van der Waals surface area contributed by atoms with Crippen molar-refractivity contribution in [2.24, 2.45) is 11.7 Å². The highest BCUT2D eigenvalue weighted by atomic mass is 35.5. The number of aromatic amines is 1. The predicted molar refractivity (Wildman–Crippen MR) is 155 cm³/mol. The quantitative estimate of drug-likeness (QED) is 0.288. The molecule has 3 N–H and O–H groups in total. The fraction of sp³-hybridized carbons (Fsp3) is 0.300. The molecule has 1 aliphatic rings. The zero-order valence-corrected chi connectivity index (χ0v) is 22.9. The van der Waals surface area contributed by atoms with Crippen molar-refractivity contribution in [3.05, 3.63) is 110 Å². The Morgan fingerprint density at radius 3 is 2.58 bits per heavy atom. The number of nitrogens with zero attached hydrogens (tertiary/aromatic N) is 2. The summed E-state index contributed by atoms with van der Waals surface area (Å²) in [4.78, 5) is 36.1. The Morgan fingerprint density at radius 2 is 1.87 bits per heavy atom. The lowest BCUT2D eigenvalue weighted by molar-refractivity contribution is 0.0746. The van der Waals surface area contributed by atoms with E-state index in [0.29, 0.717) is 47.9 Å². The third kappa shape index (κ3) is 6.26. The van der Waals surface area contributed by atoms with E-state index < -0.39 is 0 Å². The SMILES string of the molecule is Cc1ccc(C(=O)N(CCCN)CC2CC2c2nc3cc(Cl)cc(Cc4ccccc4)c3[nH]c2=O)cc1.Cl. The summed E-state index contributed by atoms with van der Waals surface area (Å²) in [5, 5.41) is 0.591. The third-order valence-electron chi connectivity index (χ3n) is 7.06. The second kappa shape index (κ2) is 12.1. The van der Waals surface area contributed by atoms with Crippen LogP contribution in [-0.4, -0.2) is 40.4 Å². The minimum atomic E-state index is -0.171. The predicted octanol–water partition coefficient (Wildman–Crippen LogP) is 5.49. The summed E-state index contributed by atoms with van der Waals surface area (Å²) in [6.45, 7) is 3.68. The first-order valence-electron chi connectivity index (χ1n) is 12.7. The van der Waals surface area contributed by atoms with Crippen molar-refractivity contribution in [2.45, 2.75) is 32.1 Å². The Bertz CT molecular complexity index is 1470. The first kappa shape index (κ1) is 27.8. The molecule has 6 nitrogen and oxygen atoms in total. The van der Waals surface area contributed by atoms with E-state index >= 15 is 0 Å². The highest BCUT2D eigenvalue weighted by Gasteiger charge is 2.43. The number of aromatic nitrogens is 2. The van der Waals surface area contributed by atoms with Gasteiger partial charge in [-0.3, -0.25) is 9.59 Å². The molecule has 0 spiro atoms. The minimum absolute atomic E-state index is 0. The van der Waals surface area contributed by atoms with Crippen LogP contribution in [-0.2, 0) is 6.42 Å². The molecule has 38 heavy (non-hydrogen) atoms. The van der Waals surface area contributed by atoms with Crippen molar-refractivity contribution in [3.8, 4) is 0 Å². The summed E-state index contributed by atoms with van der Waals surface area (Å²) >= 11 is 6.44. The number of carbonyl (C=O) groups excluding carboxylic acids is 1. The molecule has 2 atom stereocenters. The number of nitrogens with two attached hydrogens (primary N) is 1. The fourth-order valence-corrected chi connectivity index (χ4v) is 5.18. The van der Waals surface area contributed by atoms with Gasteiger partial charge in [0.05, 0.1) is 11.0 Å². The molecule has 1 amide bonds. The van der Waals surface area contributed by atoms with Crippen LogP contribution in [0.3, 0.4) is 0 Å². The molecule has 0 aliphatic heterocycles. The molecule has 0 saturated heterocycles. The molecule has 1 fully saturated rings. The first-order chi connectivity index (χ1) is 17.9. The van der Waals surface area contributed by atoms with Crippen LogP contribution in [0, 0.1) is 12.8 Å². The molecule has 0 bridgehead atoms. The van der Waals surface area contributed by atoms with Crippen molar-refractivity contribution in [2.75, 3.05) is 19.6 Å². The number of amides is 1. The second-order valence-corrected chi connectivity index (χ2v) is 10.4. The summed E-state index contributed by atoms with van der Waals surface area (Å²) in [7, 11) is 0. The monoisotopic (exact) mass is 550 g/mol. The van der Waals surface area contributed by atoms with Crippen molar-refractivity contribution in [1.29, 1.82) is 0 Å². The van der Waals surface area contributed by atoms with Gasteiger partial charge in [-0.1, -0.05) is 59.6 Å². The Morgan fingerprint density at radius 1 is 1.13 bits per heavy atom. The molecule has 1 aliphatic carbocycles. The van der Waals surface area contributed by atoms with Crippen LogP contribution in [0.2, 0.25) is 5.02 Å². The molecule has 198 valence electrons. The van der Waals surface area contributed by atoms with Gasteiger partial charge in [-0.15, -0.1) is 12.4 Å². The number of H-pyrrole nitrogens is 1. The normalized spacial score (nSPS) is 16.2. The van der Waals surface area contributed by atoms with Gasteiger partial charge in [-0.25, -0.2) is 4.98 Å². The summed E-state index contributed by atoms with van der Waals surface area (Å²) in [5.74, 6) is 0.189. The number of benzene rings is 3. The van der Waals surface area contributed by atoms with E-state index in [1.165, 1.54) is 0 Å². The molecular formula is C30H32Cl2N4O2. The van der Waals surface area contributed by atoms with Crippen LogP contribution < -0.4 is 11.3 Å². The maximum absolute atomic E-state index is 13.2. The van der Waals surface area contributed by atoms with E-state index in [0.717, 1.165) is 35.0 Å². The van der Waals surface area contributed by atoms with Crippen LogP contribution in [0.15, 0.2) is 71.5 Å². The van der Waals surface area contributed by atoms with Crippen LogP contribution >= 0.6 is 24.0 Å². The molecule has 8 heteroatoms. The molecule has 1 saturated carbocycles. The van der Waals surface area contributed by atoms with Gasteiger partial charge in [0.2, 0.25) is 0 Å². The number of rotatable bonds is 9. The Kier molecular flexibility index (Phi) is 8.87. The average molecular weight is 552 g/mol. The molecule has 3 aromatic carbocycles. The lowest BCUT2D eigenvalue weighted by atomic mass is 10.0. The van der Waals surface area contributed by atoms with E-state index in [1.807, 2.05) is 60.4 Å². The minimum Gasteiger partial charge on any atom is -0.338 e. The molecule has 1 aromatic heterocycles. The van der Waals surface area contributed by atoms with Gasteiger partial charge in [0, 0.05) is 29.6 Å². The fourth-order valence-electron chi connectivity index (χ4n) is 4.95. The lowest BCUT2D eigenvalue weighted by Crippen LogP contribution is -2.35. The van der Waals surface area contributed by atoms with Gasteiger partial charge in [-0.2, -0.15) is 0 Å². The van der Waals surface area contributed by atoms with Gasteiger partial charge < -0.3 is 15.6 Å². The van der Waals surface area contributed by atoms with Crippen LogP contribution in [0.25, 0.3) is 11.0 Å². The lowest BCUT2D eigenvalue weighted by Gasteiger charge is -2.23. The number of fused-ring (bicyclic) bond motifs is 1. The number of carbonyl (C=O) groups is 1. The molecular weight excluding hydrogens is 519 g/mol. The zero-order chi connectivity index (χ0) is 25.9. The van der Waals surface area contributed by atoms with E-state index in [-0.39, 0.29) is 35.7 Å². The zero-order valence-electron chi connectivity index (χ0n) is 21.3. The summed E-state index contributed by atoms with van der Waals surface area (Å²) in [5.41, 5.74) is 11.4. The molecule has 4 aromatic rings.